The van der Waals surface area contributed by atoms with Crippen molar-refractivity contribution >= 4 is 11.6 Å². The summed E-state index contributed by atoms with van der Waals surface area (Å²) in [7, 11) is 0. The van der Waals surface area contributed by atoms with E-state index in [4.69, 9.17) is 17.3 Å². The Kier molecular flexibility index (Phi) is 4.05. The number of benzene rings is 1. The summed E-state index contributed by atoms with van der Waals surface area (Å²) >= 11 is 6.06. The number of nitrogens with two attached hydrogens (primary N) is 1. The van der Waals surface area contributed by atoms with Gasteiger partial charge >= 0.3 is 0 Å². The molecule has 0 atom stereocenters. The molecular weight excluding hydrogens is 237 g/mol. The van der Waals surface area contributed by atoms with E-state index in [-0.39, 0.29) is 11.4 Å². The van der Waals surface area contributed by atoms with Crippen molar-refractivity contribution in [3.63, 3.8) is 0 Å². The van der Waals surface area contributed by atoms with Gasteiger partial charge in [0.05, 0.1) is 0 Å². The quantitative estimate of drug-likeness (QED) is 0.792. The van der Waals surface area contributed by atoms with Crippen LogP contribution in [0.15, 0.2) is 18.2 Å². The van der Waals surface area contributed by atoms with Gasteiger partial charge in [-0.1, -0.05) is 43.4 Å². The van der Waals surface area contributed by atoms with Gasteiger partial charge in [0.1, 0.15) is 5.82 Å². The highest BCUT2D eigenvalue weighted by Gasteiger charge is 2.27. The van der Waals surface area contributed by atoms with Crippen LogP contribution in [0.5, 0.6) is 0 Å². The summed E-state index contributed by atoms with van der Waals surface area (Å²) in [5, 5.41) is 0.499. The fourth-order valence-corrected chi connectivity index (χ4v) is 2.89. The van der Waals surface area contributed by atoms with Crippen molar-refractivity contribution in [3.05, 3.63) is 34.6 Å². The molecule has 3 heteroatoms. The minimum atomic E-state index is -0.286. The minimum absolute atomic E-state index is 0.155. The lowest BCUT2D eigenvalue weighted by Gasteiger charge is -2.28. The molecule has 1 aliphatic carbocycles. The Morgan fingerprint density at radius 2 is 1.82 bits per heavy atom. The lowest BCUT2D eigenvalue weighted by atomic mass is 9.85. The third-order valence-corrected chi connectivity index (χ3v) is 4.01. The van der Waals surface area contributed by atoms with Gasteiger partial charge in [-0.25, -0.2) is 4.39 Å². The molecule has 1 aliphatic rings. The van der Waals surface area contributed by atoms with Crippen LogP contribution in [-0.2, 0) is 6.42 Å². The van der Waals surface area contributed by atoms with Crippen LogP contribution in [0.4, 0.5) is 4.39 Å². The number of rotatable bonds is 2. The Balaban J connectivity index is 2.12. The third kappa shape index (κ3) is 3.43. The van der Waals surface area contributed by atoms with E-state index in [1.165, 1.54) is 37.8 Å². The highest BCUT2D eigenvalue weighted by Crippen LogP contribution is 2.30. The smallest absolute Gasteiger partial charge is 0.124 e. The molecule has 94 valence electrons. The second-order valence-corrected chi connectivity index (χ2v) is 5.60. The summed E-state index contributed by atoms with van der Waals surface area (Å²) in [5.74, 6) is -0.286. The standard InChI is InChI=1S/C14H19ClFN/c15-13-9-12(16)6-5-11(13)10-14(17)7-3-1-2-4-8-14/h5-6,9H,1-4,7-8,10,17H2. The highest BCUT2D eigenvalue weighted by molar-refractivity contribution is 6.31. The van der Waals surface area contributed by atoms with Gasteiger partial charge in [0.2, 0.25) is 0 Å². The summed E-state index contributed by atoms with van der Waals surface area (Å²) in [5.41, 5.74) is 7.26. The average molecular weight is 256 g/mol. The van der Waals surface area contributed by atoms with E-state index in [1.54, 1.807) is 6.07 Å². The first-order valence-corrected chi connectivity index (χ1v) is 6.70. The van der Waals surface area contributed by atoms with Crippen molar-refractivity contribution in [3.8, 4) is 0 Å². The van der Waals surface area contributed by atoms with Gasteiger partial charge in [0.25, 0.3) is 0 Å². The predicted molar refractivity (Wildman–Crippen MR) is 69.7 cm³/mol. The Labute approximate surface area is 107 Å². The van der Waals surface area contributed by atoms with E-state index < -0.39 is 0 Å². The number of halogens is 2. The zero-order valence-corrected chi connectivity index (χ0v) is 10.8. The monoisotopic (exact) mass is 255 g/mol. The molecule has 1 aromatic rings. The molecule has 0 aromatic heterocycles. The zero-order valence-electron chi connectivity index (χ0n) is 10.0. The maximum Gasteiger partial charge on any atom is 0.124 e. The van der Waals surface area contributed by atoms with Crippen LogP contribution in [0, 0.1) is 5.82 Å². The van der Waals surface area contributed by atoms with Gasteiger partial charge in [-0.15, -0.1) is 0 Å². The molecule has 0 bridgehead atoms. The van der Waals surface area contributed by atoms with Crippen molar-refractivity contribution in [1.29, 1.82) is 0 Å². The maximum absolute atomic E-state index is 13.0. The van der Waals surface area contributed by atoms with E-state index in [0.717, 1.165) is 24.8 Å². The Morgan fingerprint density at radius 3 is 2.41 bits per heavy atom. The van der Waals surface area contributed by atoms with Gasteiger partial charge in [-0.3, -0.25) is 0 Å². The molecule has 0 unspecified atom stereocenters. The molecule has 0 aliphatic heterocycles. The molecule has 17 heavy (non-hydrogen) atoms. The number of hydrogen-bond acceptors (Lipinski definition) is 1. The van der Waals surface area contributed by atoms with Crippen molar-refractivity contribution in [2.24, 2.45) is 5.73 Å². The minimum Gasteiger partial charge on any atom is -0.325 e. The number of hydrogen-bond donors (Lipinski definition) is 1. The summed E-state index contributed by atoms with van der Waals surface area (Å²) in [6, 6.07) is 4.59. The lowest BCUT2D eigenvalue weighted by Crippen LogP contribution is -2.41. The summed E-state index contributed by atoms with van der Waals surface area (Å²) < 4.78 is 13.0. The van der Waals surface area contributed by atoms with E-state index >= 15 is 0 Å². The Bertz CT molecular complexity index is 384. The Morgan fingerprint density at radius 1 is 1.18 bits per heavy atom. The fourth-order valence-electron chi connectivity index (χ4n) is 2.65. The van der Waals surface area contributed by atoms with Crippen molar-refractivity contribution in [1.82, 2.24) is 0 Å². The average Bonchev–Trinajstić information content (AvgIpc) is 2.48. The summed E-state index contributed by atoms with van der Waals surface area (Å²) in [6.45, 7) is 0. The van der Waals surface area contributed by atoms with Crippen LogP contribution in [0.25, 0.3) is 0 Å². The van der Waals surface area contributed by atoms with E-state index in [9.17, 15) is 4.39 Å². The molecule has 1 aromatic carbocycles. The SMILES string of the molecule is NC1(Cc2ccc(F)cc2Cl)CCCCCC1. The van der Waals surface area contributed by atoms with Gasteiger partial charge in [-0.2, -0.15) is 0 Å². The van der Waals surface area contributed by atoms with Gasteiger partial charge < -0.3 is 5.73 Å². The van der Waals surface area contributed by atoms with Crippen molar-refractivity contribution in [2.45, 2.75) is 50.5 Å². The largest absolute Gasteiger partial charge is 0.325 e. The molecule has 1 nitrogen and oxygen atoms in total. The second kappa shape index (κ2) is 5.36. The summed E-state index contributed by atoms with van der Waals surface area (Å²) in [6.07, 6.45) is 7.77. The second-order valence-electron chi connectivity index (χ2n) is 5.19. The zero-order chi connectivity index (χ0) is 12.3. The Hall–Kier alpha value is -0.600. The van der Waals surface area contributed by atoms with Crippen LogP contribution in [-0.4, -0.2) is 5.54 Å². The van der Waals surface area contributed by atoms with Gasteiger partial charge in [0, 0.05) is 10.6 Å². The van der Waals surface area contributed by atoms with Crippen molar-refractivity contribution < 1.29 is 4.39 Å². The molecule has 0 spiro atoms. The lowest BCUT2D eigenvalue weighted by molar-refractivity contribution is 0.369. The van der Waals surface area contributed by atoms with Crippen LogP contribution in [0.3, 0.4) is 0 Å². The fraction of sp³-hybridized carbons (Fsp3) is 0.571. The van der Waals surface area contributed by atoms with Crippen LogP contribution < -0.4 is 5.73 Å². The molecule has 2 N–H and O–H groups in total. The summed E-state index contributed by atoms with van der Waals surface area (Å²) in [4.78, 5) is 0. The first-order chi connectivity index (χ1) is 8.09. The molecule has 2 rings (SSSR count). The molecule has 1 saturated carbocycles. The van der Waals surface area contributed by atoms with Gasteiger partial charge in [-0.05, 0) is 37.0 Å². The molecule has 0 heterocycles. The first-order valence-electron chi connectivity index (χ1n) is 6.32. The molecule has 0 saturated heterocycles. The highest BCUT2D eigenvalue weighted by atomic mass is 35.5. The van der Waals surface area contributed by atoms with E-state index in [0.29, 0.717) is 5.02 Å². The molecular formula is C14H19ClFN. The maximum atomic E-state index is 13.0. The van der Waals surface area contributed by atoms with Crippen LogP contribution in [0.2, 0.25) is 5.02 Å². The third-order valence-electron chi connectivity index (χ3n) is 3.66. The van der Waals surface area contributed by atoms with Crippen molar-refractivity contribution in [2.75, 3.05) is 0 Å². The topological polar surface area (TPSA) is 26.0 Å². The van der Waals surface area contributed by atoms with Crippen LogP contribution >= 0.6 is 11.6 Å². The van der Waals surface area contributed by atoms with E-state index in [2.05, 4.69) is 0 Å². The molecule has 0 amide bonds. The van der Waals surface area contributed by atoms with E-state index in [1.807, 2.05) is 0 Å². The normalized spacial score (nSPS) is 19.9. The van der Waals surface area contributed by atoms with Crippen LogP contribution in [0.1, 0.15) is 44.1 Å². The molecule has 0 radical (unpaired) electrons. The molecule has 1 fully saturated rings. The first kappa shape index (κ1) is 12.8. The van der Waals surface area contributed by atoms with Gasteiger partial charge in [0.15, 0.2) is 0 Å². The predicted octanol–water partition coefficient (Wildman–Crippen LogP) is 4.07.